The van der Waals surface area contributed by atoms with E-state index in [0.717, 1.165) is 18.3 Å². The van der Waals surface area contributed by atoms with Gasteiger partial charge in [0.05, 0.1) is 11.7 Å². The fourth-order valence-corrected chi connectivity index (χ4v) is 2.73. The van der Waals surface area contributed by atoms with Crippen LogP contribution in [0.5, 0.6) is 0 Å². The van der Waals surface area contributed by atoms with Crippen LogP contribution in [-0.2, 0) is 7.05 Å². The van der Waals surface area contributed by atoms with E-state index in [1.165, 1.54) is 31.2 Å². The number of hydrogen-bond acceptors (Lipinski definition) is 3. The predicted molar refractivity (Wildman–Crippen MR) is 74.4 cm³/mol. The first-order valence-electron chi connectivity index (χ1n) is 7.13. The van der Waals surface area contributed by atoms with Crippen molar-refractivity contribution in [2.75, 3.05) is 13.1 Å². The maximum absolute atomic E-state index is 6.04. The van der Waals surface area contributed by atoms with Crippen LogP contribution in [-0.4, -0.2) is 33.8 Å². The largest absolute Gasteiger partial charge is 0.329 e. The minimum Gasteiger partial charge on any atom is -0.329 e. The summed E-state index contributed by atoms with van der Waals surface area (Å²) in [5, 5.41) is 4.46. The number of hydrogen-bond donors (Lipinski definition) is 1. The van der Waals surface area contributed by atoms with Gasteiger partial charge < -0.3 is 5.73 Å². The first kappa shape index (κ1) is 13.6. The molecule has 1 aromatic heterocycles. The number of nitrogens with two attached hydrogens (primary N) is 1. The van der Waals surface area contributed by atoms with E-state index in [1.807, 2.05) is 11.7 Å². The number of aryl methyl sites for hydroxylation is 2. The van der Waals surface area contributed by atoms with Gasteiger partial charge in [0.1, 0.15) is 0 Å². The molecule has 1 aliphatic rings. The van der Waals surface area contributed by atoms with Crippen molar-refractivity contribution in [2.45, 2.75) is 51.6 Å². The molecule has 0 amide bonds. The molecule has 1 unspecified atom stereocenters. The summed E-state index contributed by atoms with van der Waals surface area (Å²) in [6.45, 7) is 6.19. The van der Waals surface area contributed by atoms with Gasteiger partial charge in [-0.15, -0.1) is 0 Å². The molecule has 1 aromatic rings. The second-order valence-electron chi connectivity index (χ2n) is 5.42. The average molecular weight is 250 g/mol. The van der Waals surface area contributed by atoms with Crippen LogP contribution in [0.1, 0.15) is 49.9 Å². The van der Waals surface area contributed by atoms with E-state index in [9.17, 15) is 0 Å². The van der Waals surface area contributed by atoms with Crippen LogP contribution in [0, 0.1) is 6.92 Å². The number of nitrogens with zero attached hydrogens (tertiary/aromatic N) is 3. The maximum Gasteiger partial charge on any atom is 0.0641 e. The lowest BCUT2D eigenvalue weighted by Gasteiger charge is -2.30. The summed E-state index contributed by atoms with van der Waals surface area (Å²) in [6.07, 6.45) is 7.30. The van der Waals surface area contributed by atoms with Gasteiger partial charge in [-0.05, 0) is 32.7 Å². The van der Waals surface area contributed by atoms with Gasteiger partial charge in [-0.25, -0.2) is 0 Å². The Labute approximate surface area is 110 Å². The van der Waals surface area contributed by atoms with Crippen molar-refractivity contribution < 1.29 is 0 Å². The van der Waals surface area contributed by atoms with Crippen molar-refractivity contribution in [3.05, 3.63) is 17.5 Å². The van der Waals surface area contributed by atoms with Crippen molar-refractivity contribution in [2.24, 2.45) is 12.8 Å². The number of aromatic nitrogens is 2. The van der Waals surface area contributed by atoms with E-state index >= 15 is 0 Å². The van der Waals surface area contributed by atoms with Crippen molar-refractivity contribution >= 4 is 0 Å². The van der Waals surface area contributed by atoms with Gasteiger partial charge in [-0.1, -0.05) is 13.3 Å². The van der Waals surface area contributed by atoms with Crippen LogP contribution in [0.3, 0.4) is 0 Å². The average Bonchev–Trinajstić information content (AvgIpc) is 3.11. The molecule has 0 spiro atoms. The Morgan fingerprint density at radius 3 is 2.72 bits per heavy atom. The lowest BCUT2D eigenvalue weighted by molar-refractivity contribution is 0.187. The van der Waals surface area contributed by atoms with Crippen molar-refractivity contribution in [1.29, 1.82) is 0 Å². The summed E-state index contributed by atoms with van der Waals surface area (Å²) in [6, 6.07) is 1.10. The molecule has 2 N–H and O–H groups in total. The molecular formula is C14H26N4. The molecule has 0 aliphatic heterocycles. The molecule has 0 radical (unpaired) electrons. The first-order chi connectivity index (χ1) is 8.67. The highest BCUT2D eigenvalue weighted by molar-refractivity contribution is 5.21. The summed E-state index contributed by atoms with van der Waals surface area (Å²) in [5.74, 6) is 0. The Balaban J connectivity index is 2.16. The highest BCUT2D eigenvalue weighted by Crippen LogP contribution is 2.35. The number of rotatable bonds is 7. The minimum absolute atomic E-state index is 0.345. The van der Waals surface area contributed by atoms with E-state index in [1.54, 1.807) is 0 Å². The van der Waals surface area contributed by atoms with E-state index in [4.69, 9.17) is 5.73 Å². The smallest absolute Gasteiger partial charge is 0.0641 e. The third-order valence-electron chi connectivity index (χ3n) is 3.82. The van der Waals surface area contributed by atoms with Crippen molar-refractivity contribution in [3.8, 4) is 0 Å². The van der Waals surface area contributed by atoms with Crippen LogP contribution >= 0.6 is 0 Å². The lowest BCUT2D eigenvalue weighted by atomic mass is 10.1. The molecule has 1 aliphatic carbocycles. The molecule has 2 rings (SSSR count). The summed E-state index contributed by atoms with van der Waals surface area (Å²) in [5.41, 5.74) is 8.47. The van der Waals surface area contributed by atoms with Gasteiger partial charge in [0.25, 0.3) is 0 Å². The lowest BCUT2D eigenvalue weighted by Crippen LogP contribution is -2.36. The standard InChI is InChI=1S/C14H26N4/c1-4-5-8-18(12-6-7-12)14(9-15)13-10-17(3)16-11(13)2/h10,12,14H,4-9,15H2,1-3H3. The molecule has 1 heterocycles. The maximum atomic E-state index is 6.04. The van der Waals surface area contributed by atoms with Crippen LogP contribution in [0.2, 0.25) is 0 Å². The summed E-state index contributed by atoms with van der Waals surface area (Å²) in [7, 11) is 1.98. The molecular weight excluding hydrogens is 224 g/mol. The van der Waals surface area contributed by atoms with Gasteiger partial charge in [-0.3, -0.25) is 9.58 Å². The normalized spacial score (nSPS) is 17.4. The van der Waals surface area contributed by atoms with Crippen LogP contribution in [0.15, 0.2) is 6.20 Å². The summed E-state index contributed by atoms with van der Waals surface area (Å²) >= 11 is 0. The second-order valence-corrected chi connectivity index (χ2v) is 5.42. The Morgan fingerprint density at radius 1 is 1.56 bits per heavy atom. The van der Waals surface area contributed by atoms with Crippen molar-refractivity contribution in [1.82, 2.24) is 14.7 Å². The molecule has 102 valence electrons. The predicted octanol–water partition coefficient (Wildman–Crippen LogP) is 1.99. The second kappa shape index (κ2) is 5.85. The molecule has 4 heteroatoms. The van der Waals surface area contributed by atoms with Gasteiger partial charge in [-0.2, -0.15) is 5.10 Å². The van der Waals surface area contributed by atoms with Crippen LogP contribution < -0.4 is 5.73 Å². The minimum atomic E-state index is 0.345. The van der Waals surface area contributed by atoms with Gasteiger partial charge in [0.15, 0.2) is 0 Å². The Hall–Kier alpha value is -0.870. The Bertz CT molecular complexity index is 381. The van der Waals surface area contributed by atoms with E-state index in [-0.39, 0.29) is 0 Å². The molecule has 1 fully saturated rings. The topological polar surface area (TPSA) is 47.1 Å². The molecule has 18 heavy (non-hydrogen) atoms. The third kappa shape index (κ3) is 2.93. The molecule has 0 saturated heterocycles. The third-order valence-corrected chi connectivity index (χ3v) is 3.82. The van der Waals surface area contributed by atoms with Crippen LogP contribution in [0.25, 0.3) is 0 Å². The molecule has 1 saturated carbocycles. The summed E-state index contributed by atoms with van der Waals surface area (Å²) in [4.78, 5) is 2.60. The monoisotopic (exact) mass is 250 g/mol. The Kier molecular flexibility index (Phi) is 4.40. The Morgan fingerprint density at radius 2 is 2.28 bits per heavy atom. The summed E-state index contributed by atoms with van der Waals surface area (Å²) < 4.78 is 1.90. The van der Waals surface area contributed by atoms with E-state index in [2.05, 4.69) is 30.0 Å². The highest BCUT2D eigenvalue weighted by Gasteiger charge is 2.34. The zero-order valence-corrected chi connectivity index (χ0v) is 11.9. The van der Waals surface area contributed by atoms with Crippen LogP contribution in [0.4, 0.5) is 0 Å². The van der Waals surface area contributed by atoms with E-state index < -0.39 is 0 Å². The zero-order valence-electron chi connectivity index (χ0n) is 11.9. The quantitative estimate of drug-likeness (QED) is 0.805. The first-order valence-corrected chi connectivity index (χ1v) is 7.13. The molecule has 0 bridgehead atoms. The van der Waals surface area contributed by atoms with Crippen molar-refractivity contribution in [3.63, 3.8) is 0 Å². The number of unbranched alkanes of at least 4 members (excludes halogenated alkanes) is 1. The molecule has 1 atom stereocenters. The molecule has 4 nitrogen and oxygen atoms in total. The highest BCUT2D eigenvalue weighted by atomic mass is 15.3. The SMILES string of the molecule is CCCCN(C1CC1)C(CN)c1cn(C)nc1C. The fraction of sp³-hybridized carbons (Fsp3) is 0.786. The van der Waals surface area contributed by atoms with Gasteiger partial charge in [0.2, 0.25) is 0 Å². The van der Waals surface area contributed by atoms with Gasteiger partial charge in [0, 0.05) is 31.4 Å². The van der Waals surface area contributed by atoms with Gasteiger partial charge >= 0.3 is 0 Å². The molecule has 0 aromatic carbocycles. The zero-order chi connectivity index (χ0) is 13.1. The van der Waals surface area contributed by atoms with E-state index in [0.29, 0.717) is 12.6 Å². The fourth-order valence-electron chi connectivity index (χ4n) is 2.73.